The maximum atomic E-state index is 5.50. The van der Waals surface area contributed by atoms with E-state index in [1.165, 1.54) is 0 Å². The Bertz CT molecular complexity index is 853. The number of rotatable bonds is 3. The molecule has 4 rings (SSSR count). The first-order valence-corrected chi connectivity index (χ1v) is 8.20. The largest absolute Gasteiger partial charge is 0.497 e. The molecule has 0 spiro atoms. The van der Waals surface area contributed by atoms with E-state index in [-0.39, 0.29) is 0 Å². The minimum absolute atomic E-state index is 0.354. The number of hydrogen-bond donors (Lipinski definition) is 0. The molecule has 1 saturated heterocycles. The number of ether oxygens (including phenoxy) is 1. The topological polar surface area (TPSA) is 64.3 Å². The minimum Gasteiger partial charge on any atom is -0.497 e. The third-order valence-electron chi connectivity index (χ3n) is 4.64. The molecule has 124 valence electrons. The highest BCUT2D eigenvalue weighted by atomic mass is 16.5. The fourth-order valence-electron chi connectivity index (χ4n) is 3.12. The molecule has 0 N–H and O–H groups in total. The van der Waals surface area contributed by atoms with Gasteiger partial charge in [0.25, 0.3) is 0 Å². The zero-order chi connectivity index (χ0) is 16.5. The van der Waals surface area contributed by atoms with Crippen LogP contribution in [0.15, 0.2) is 34.9 Å². The Morgan fingerprint density at radius 1 is 1.12 bits per heavy atom. The molecule has 1 aliphatic heterocycles. The SMILES string of the molecule is COc1ccc2nc(-c3noc(C4CCN(C)CC4)n3)ccc2c1. The van der Waals surface area contributed by atoms with Crippen LogP contribution in [-0.2, 0) is 0 Å². The molecule has 1 aliphatic rings. The summed E-state index contributed by atoms with van der Waals surface area (Å²) in [6.07, 6.45) is 2.12. The molecule has 24 heavy (non-hydrogen) atoms. The first-order chi connectivity index (χ1) is 11.7. The molecule has 0 saturated carbocycles. The Labute approximate surface area is 140 Å². The van der Waals surface area contributed by atoms with E-state index in [0.29, 0.717) is 11.7 Å². The van der Waals surface area contributed by atoms with Crippen molar-refractivity contribution in [1.82, 2.24) is 20.0 Å². The van der Waals surface area contributed by atoms with E-state index in [4.69, 9.17) is 9.26 Å². The molecular formula is C18H20N4O2. The van der Waals surface area contributed by atoms with E-state index in [1.807, 2.05) is 30.3 Å². The molecule has 1 fully saturated rings. The van der Waals surface area contributed by atoms with Crippen molar-refractivity contribution < 1.29 is 9.26 Å². The van der Waals surface area contributed by atoms with Crippen molar-refractivity contribution in [2.24, 2.45) is 0 Å². The summed E-state index contributed by atoms with van der Waals surface area (Å²) in [4.78, 5) is 11.6. The molecule has 0 amide bonds. The Morgan fingerprint density at radius 2 is 1.96 bits per heavy atom. The summed E-state index contributed by atoms with van der Waals surface area (Å²) < 4.78 is 10.7. The number of methoxy groups -OCH3 is 1. The number of pyridine rings is 1. The third-order valence-corrected chi connectivity index (χ3v) is 4.64. The van der Waals surface area contributed by atoms with Gasteiger partial charge in [-0.2, -0.15) is 4.98 Å². The minimum atomic E-state index is 0.354. The van der Waals surface area contributed by atoms with Crippen molar-refractivity contribution in [1.29, 1.82) is 0 Å². The molecule has 0 unspecified atom stereocenters. The number of benzene rings is 1. The zero-order valence-electron chi connectivity index (χ0n) is 13.9. The van der Waals surface area contributed by atoms with E-state index in [2.05, 4.69) is 27.1 Å². The Balaban J connectivity index is 1.61. The lowest BCUT2D eigenvalue weighted by Gasteiger charge is -2.26. The number of nitrogens with zero attached hydrogens (tertiary/aromatic N) is 4. The van der Waals surface area contributed by atoms with E-state index in [9.17, 15) is 0 Å². The van der Waals surface area contributed by atoms with Crippen molar-refractivity contribution in [3.8, 4) is 17.3 Å². The molecule has 3 aromatic rings. The fourth-order valence-corrected chi connectivity index (χ4v) is 3.12. The van der Waals surface area contributed by atoms with Gasteiger partial charge in [-0.25, -0.2) is 4.98 Å². The van der Waals surface area contributed by atoms with Gasteiger partial charge in [0.05, 0.1) is 12.6 Å². The number of hydrogen-bond acceptors (Lipinski definition) is 6. The van der Waals surface area contributed by atoms with Gasteiger partial charge in [0.1, 0.15) is 11.4 Å². The lowest BCUT2D eigenvalue weighted by Crippen LogP contribution is -2.29. The molecule has 0 bridgehead atoms. The van der Waals surface area contributed by atoms with Crippen LogP contribution in [0.4, 0.5) is 0 Å². The number of fused-ring (bicyclic) bond motifs is 1. The monoisotopic (exact) mass is 324 g/mol. The normalized spacial score (nSPS) is 16.6. The van der Waals surface area contributed by atoms with Crippen LogP contribution in [0.1, 0.15) is 24.7 Å². The van der Waals surface area contributed by atoms with Gasteiger partial charge in [0.15, 0.2) is 0 Å². The quantitative estimate of drug-likeness (QED) is 0.737. The van der Waals surface area contributed by atoms with Gasteiger partial charge < -0.3 is 14.2 Å². The van der Waals surface area contributed by atoms with Gasteiger partial charge in [0.2, 0.25) is 11.7 Å². The number of aromatic nitrogens is 3. The summed E-state index contributed by atoms with van der Waals surface area (Å²) in [5, 5.41) is 5.16. The average Bonchev–Trinajstić information content (AvgIpc) is 3.11. The smallest absolute Gasteiger partial charge is 0.230 e. The second-order valence-corrected chi connectivity index (χ2v) is 6.29. The maximum absolute atomic E-state index is 5.50. The van der Waals surface area contributed by atoms with Crippen LogP contribution < -0.4 is 4.74 Å². The van der Waals surface area contributed by atoms with Crippen molar-refractivity contribution in [2.45, 2.75) is 18.8 Å². The Morgan fingerprint density at radius 3 is 2.75 bits per heavy atom. The molecule has 3 heterocycles. The van der Waals surface area contributed by atoms with Crippen molar-refractivity contribution in [3.63, 3.8) is 0 Å². The number of piperidine rings is 1. The van der Waals surface area contributed by atoms with Crippen LogP contribution in [-0.4, -0.2) is 47.3 Å². The van der Waals surface area contributed by atoms with Crippen molar-refractivity contribution in [2.75, 3.05) is 27.2 Å². The van der Waals surface area contributed by atoms with Gasteiger partial charge in [-0.1, -0.05) is 11.2 Å². The van der Waals surface area contributed by atoms with Gasteiger partial charge in [0, 0.05) is 11.3 Å². The zero-order valence-corrected chi connectivity index (χ0v) is 13.9. The summed E-state index contributed by atoms with van der Waals surface area (Å²) in [6, 6.07) is 9.73. The van der Waals surface area contributed by atoms with Gasteiger partial charge in [-0.15, -0.1) is 0 Å². The average molecular weight is 324 g/mol. The molecule has 1 aromatic carbocycles. The first kappa shape index (κ1) is 15.1. The van der Waals surface area contributed by atoms with Crippen LogP contribution in [0.5, 0.6) is 5.75 Å². The Kier molecular flexibility index (Phi) is 3.90. The molecule has 0 radical (unpaired) electrons. The first-order valence-electron chi connectivity index (χ1n) is 8.20. The highest BCUT2D eigenvalue weighted by molar-refractivity contribution is 5.82. The number of likely N-dealkylation sites (tertiary alicyclic amines) is 1. The van der Waals surface area contributed by atoms with Crippen molar-refractivity contribution >= 4 is 10.9 Å². The molecule has 2 aromatic heterocycles. The predicted molar refractivity (Wildman–Crippen MR) is 91.1 cm³/mol. The second kappa shape index (κ2) is 6.20. The maximum Gasteiger partial charge on any atom is 0.230 e. The van der Waals surface area contributed by atoms with Crippen LogP contribution in [0.2, 0.25) is 0 Å². The molecule has 0 atom stereocenters. The van der Waals surface area contributed by atoms with Crippen LogP contribution in [0, 0.1) is 0 Å². The lowest BCUT2D eigenvalue weighted by molar-refractivity contribution is 0.227. The van der Waals surface area contributed by atoms with Crippen LogP contribution >= 0.6 is 0 Å². The molecule has 0 aliphatic carbocycles. The third kappa shape index (κ3) is 2.85. The summed E-state index contributed by atoms with van der Waals surface area (Å²) in [6.45, 7) is 2.14. The van der Waals surface area contributed by atoms with Crippen LogP contribution in [0.25, 0.3) is 22.4 Å². The summed E-state index contributed by atoms with van der Waals surface area (Å²) in [7, 11) is 3.80. The molecule has 6 heteroatoms. The molecule has 6 nitrogen and oxygen atoms in total. The Hall–Kier alpha value is -2.47. The lowest BCUT2D eigenvalue weighted by atomic mass is 9.97. The van der Waals surface area contributed by atoms with Crippen LogP contribution in [0.3, 0.4) is 0 Å². The van der Waals surface area contributed by atoms with E-state index in [1.54, 1.807) is 7.11 Å². The van der Waals surface area contributed by atoms with Gasteiger partial charge >= 0.3 is 0 Å². The van der Waals surface area contributed by atoms with Crippen molar-refractivity contribution in [3.05, 3.63) is 36.2 Å². The van der Waals surface area contributed by atoms with Gasteiger partial charge in [-0.3, -0.25) is 0 Å². The van der Waals surface area contributed by atoms with E-state index >= 15 is 0 Å². The summed E-state index contributed by atoms with van der Waals surface area (Å²) in [5.41, 5.74) is 1.62. The summed E-state index contributed by atoms with van der Waals surface area (Å²) in [5.74, 6) is 2.46. The highest BCUT2D eigenvalue weighted by Crippen LogP contribution is 2.28. The van der Waals surface area contributed by atoms with E-state index in [0.717, 1.165) is 54.2 Å². The summed E-state index contributed by atoms with van der Waals surface area (Å²) >= 11 is 0. The molecular weight excluding hydrogens is 304 g/mol. The van der Waals surface area contributed by atoms with Gasteiger partial charge in [-0.05, 0) is 57.2 Å². The van der Waals surface area contributed by atoms with E-state index < -0.39 is 0 Å². The standard InChI is InChI=1S/C18H20N4O2/c1-22-9-7-12(8-10-22)18-20-17(21-24-18)16-5-3-13-11-14(23-2)4-6-15(13)19-16/h3-6,11-12H,7-10H2,1-2H3. The fraction of sp³-hybridized carbons (Fsp3) is 0.389. The highest BCUT2D eigenvalue weighted by Gasteiger charge is 2.24. The predicted octanol–water partition coefficient (Wildman–Crippen LogP) is 3.10. The second-order valence-electron chi connectivity index (χ2n) is 6.29.